The molecule has 3 aromatic carbocycles. The van der Waals surface area contributed by atoms with E-state index in [0.717, 1.165) is 22.3 Å². The molecule has 0 fully saturated rings. The summed E-state index contributed by atoms with van der Waals surface area (Å²) in [6, 6.07) is 25.5. The third-order valence-electron chi connectivity index (χ3n) is 6.77. The standard InChI is InChI=1S/C33H24N2O3/c1-21-17-24(31-32(36)28-19-23-7-6-16-34-30(23)20-29(28)33(31)37)18-27(38-21)15-12-22-10-13-26(14-11-22)35(2)25-8-4-3-5-9-25/h3-20H,1-2H3/b15-12+,31-24+. The fraction of sp³-hybridized carbons (Fsp3) is 0.0606. The van der Waals surface area contributed by atoms with E-state index in [4.69, 9.17) is 4.74 Å². The summed E-state index contributed by atoms with van der Waals surface area (Å²) in [6.07, 6.45) is 8.96. The molecular weight excluding hydrogens is 472 g/mol. The van der Waals surface area contributed by atoms with Crippen molar-refractivity contribution in [1.82, 2.24) is 4.98 Å². The second kappa shape index (κ2) is 9.45. The molecule has 0 radical (unpaired) electrons. The molecule has 0 unspecified atom stereocenters. The lowest BCUT2D eigenvalue weighted by Crippen LogP contribution is -2.08. The minimum atomic E-state index is -0.281. The zero-order chi connectivity index (χ0) is 26.2. The number of pyridine rings is 1. The average Bonchev–Trinajstić information content (AvgIpc) is 3.19. The number of nitrogens with zero attached hydrogens (tertiary/aromatic N) is 2. The Balaban J connectivity index is 1.28. The maximum absolute atomic E-state index is 13.3. The Hall–Kier alpha value is -5.03. The number of hydrogen-bond acceptors (Lipinski definition) is 5. The smallest absolute Gasteiger partial charge is 0.198 e. The first-order valence-corrected chi connectivity index (χ1v) is 12.4. The molecule has 2 heterocycles. The number of benzene rings is 3. The predicted octanol–water partition coefficient (Wildman–Crippen LogP) is 7.21. The van der Waals surface area contributed by atoms with Gasteiger partial charge in [0.25, 0.3) is 0 Å². The largest absolute Gasteiger partial charge is 0.462 e. The molecule has 0 bridgehead atoms. The zero-order valence-corrected chi connectivity index (χ0v) is 21.0. The van der Waals surface area contributed by atoms with Crippen molar-refractivity contribution in [1.29, 1.82) is 0 Å². The minimum absolute atomic E-state index is 0.164. The Kier molecular flexibility index (Phi) is 5.81. The van der Waals surface area contributed by atoms with Gasteiger partial charge in [0, 0.05) is 41.1 Å². The topological polar surface area (TPSA) is 59.5 Å². The van der Waals surface area contributed by atoms with E-state index >= 15 is 0 Å². The van der Waals surface area contributed by atoms with Gasteiger partial charge in [-0.05, 0) is 78.8 Å². The predicted molar refractivity (Wildman–Crippen MR) is 150 cm³/mol. The molecule has 0 saturated carbocycles. The molecule has 5 nitrogen and oxygen atoms in total. The summed E-state index contributed by atoms with van der Waals surface area (Å²) < 4.78 is 5.89. The highest BCUT2D eigenvalue weighted by Crippen LogP contribution is 2.34. The summed E-state index contributed by atoms with van der Waals surface area (Å²) in [5.74, 6) is 0.616. The van der Waals surface area contributed by atoms with Crippen LogP contribution in [0.1, 0.15) is 33.2 Å². The zero-order valence-electron chi connectivity index (χ0n) is 21.0. The van der Waals surface area contributed by atoms with Crippen LogP contribution in [-0.4, -0.2) is 23.6 Å². The van der Waals surface area contributed by atoms with Crippen LogP contribution in [0.25, 0.3) is 17.0 Å². The van der Waals surface area contributed by atoms with Gasteiger partial charge in [0.05, 0.1) is 11.1 Å². The molecule has 38 heavy (non-hydrogen) atoms. The monoisotopic (exact) mass is 496 g/mol. The summed E-state index contributed by atoms with van der Waals surface area (Å²) in [5, 5.41) is 0.831. The van der Waals surface area contributed by atoms with Gasteiger partial charge < -0.3 is 9.64 Å². The molecule has 0 atom stereocenters. The van der Waals surface area contributed by atoms with E-state index in [0.29, 0.717) is 33.7 Å². The number of anilines is 2. The molecule has 0 amide bonds. The Morgan fingerprint density at radius 1 is 0.789 bits per heavy atom. The molecule has 5 heteroatoms. The van der Waals surface area contributed by atoms with Crippen molar-refractivity contribution in [3.05, 3.63) is 143 Å². The highest BCUT2D eigenvalue weighted by atomic mass is 16.5. The van der Waals surface area contributed by atoms with Crippen molar-refractivity contribution < 1.29 is 14.3 Å². The summed E-state index contributed by atoms with van der Waals surface area (Å²) in [5.41, 5.74) is 5.41. The van der Waals surface area contributed by atoms with Crippen molar-refractivity contribution in [2.45, 2.75) is 6.92 Å². The van der Waals surface area contributed by atoms with E-state index in [1.165, 1.54) is 0 Å². The number of Topliss-reactive ketones (excluding diaryl/α,β-unsaturated/α-hetero) is 2. The Morgan fingerprint density at radius 3 is 2.26 bits per heavy atom. The second-order valence-corrected chi connectivity index (χ2v) is 9.31. The average molecular weight is 497 g/mol. The second-order valence-electron chi connectivity index (χ2n) is 9.31. The first-order chi connectivity index (χ1) is 18.5. The Bertz CT molecular complexity index is 1670. The van der Waals surface area contributed by atoms with Crippen LogP contribution in [-0.2, 0) is 4.74 Å². The lowest BCUT2D eigenvalue weighted by Gasteiger charge is -2.19. The van der Waals surface area contributed by atoms with Crippen LogP contribution in [0.2, 0.25) is 0 Å². The number of carbonyl (C=O) groups excluding carboxylic acids is 2. The Labute approximate surface area is 220 Å². The molecule has 6 rings (SSSR count). The SMILES string of the molecule is CC1=C/C(=C2/C(=O)c3cc4cccnc4cc3C2=O)C=C(/C=C/c2ccc(N(C)c3ccccc3)cc2)O1. The van der Waals surface area contributed by atoms with Gasteiger partial charge in [0.2, 0.25) is 0 Å². The normalized spacial score (nSPS) is 16.9. The molecule has 0 N–H and O–H groups in total. The van der Waals surface area contributed by atoms with Gasteiger partial charge in [-0.15, -0.1) is 0 Å². The number of fused-ring (bicyclic) bond motifs is 2. The van der Waals surface area contributed by atoms with Crippen LogP contribution < -0.4 is 4.90 Å². The first-order valence-electron chi connectivity index (χ1n) is 12.4. The lowest BCUT2D eigenvalue weighted by atomic mass is 10.0. The molecule has 184 valence electrons. The van der Waals surface area contributed by atoms with Crippen LogP contribution in [0.5, 0.6) is 0 Å². The van der Waals surface area contributed by atoms with Gasteiger partial charge in [0.15, 0.2) is 11.6 Å². The van der Waals surface area contributed by atoms with Gasteiger partial charge in [0.1, 0.15) is 11.5 Å². The molecular formula is C33H24N2O3. The quantitative estimate of drug-likeness (QED) is 0.221. The van der Waals surface area contributed by atoms with Gasteiger partial charge in [-0.25, -0.2) is 0 Å². The van der Waals surface area contributed by atoms with E-state index in [-0.39, 0.29) is 17.1 Å². The maximum atomic E-state index is 13.3. The van der Waals surface area contributed by atoms with Crippen LogP contribution in [0.15, 0.2) is 126 Å². The number of ether oxygens (including phenoxy) is 1. The number of rotatable bonds is 4. The molecule has 0 spiro atoms. The Morgan fingerprint density at radius 2 is 1.50 bits per heavy atom. The van der Waals surface area contributed by atoms with Gasteiger partial charge >= 0.3 is 0 Å². The highest BCUT2D eigenvalue weighted by Gasteiger charge is 2.35. The van der Waals surface area contributed by atoms with Crippen molar-refractivity contribution in [3.63, 3.8) is 0 Å². The fourth-order valence-corrected chi connectivity index (χ4v) is 4.80. The van der Waals surface area contributed by atoms with Crippen molar-refractivity contribution in [3.8, 4) is 0 Å². The van der Waals surface area contributed by atoms with Crippen molar-refractivity contribution in [2.24, 2.45) is 0 Å². The molecule has 4 aromatic rings. The minimum Gasteiger partial charge on any atom is -0.462 e. The van der Waals surface area contributed by atoms with Crippen molar-refractivity contribution >= 4 is 39.9 Å². The van der Waals surface area contributed by atoms with E-state index in [1.54, 1.807) is 30.5 Å². The van der Waals surface area contributed by atoms with Gasteiger partial charge in [-0.2, -0.15) is 0 Å². The number of aromatic nitrogens is 1. The lowest BCUT2D eigenvalue weighted by molar-refractivity contribution is 0.0988. The fourth-order valence-electron chi connectivity index (χ4n) is 4.80. The third kappa shape index (κ3) is 4.24. The molecule has 1 aliphatic heterocycles. The summed E-state index contributed by atoms with van der Waals surface area (Å²) in [6.45, 7) is 1.81. The molecule has 2 aliphatic rings. The summed E-state index contributed by atoms with van der Waals surface area (Å²) in [7, 11) is 2.04. The molecule has 1 aliphatic carbocycles. The first kappa shape index (κ1) is 23.4. The van der Waals surface area contributed by atoms with E-state index in [2.05, 4.69) is 34.1 Å². The van der Waals surface area contributed by atoms with Crippen molar-refractivity contribution in [2.75, 3.05) is 11.9 Å². The van der Waals surface area contributed by atoms with Gasteiger partial charge in [-0.1, -0.05) is 42.5 Å². The highest BCUT2D eigenvalue weighted by molar-refractivity contribution is 6.40. The van der Waals surface area contributed by atoms with E-state index < -0.39 is 0 Å². The number of hydrogen-bond donors (Lipinski definition) is 0. The van der Waals surface area contributed by atoms with Gasteiger partial charge in [-0.3, -0.25) is 14.6 Å². The summed E-state index contributed by atoms with van der Waals surface area (Å²) >= 11 is 0. The number of para-hydroxylation sites is 1. The van der Waals surface area contributed by atoms with E-state index in [1.807, 2.05) is 68.6 Å². The number of carbonyl (C=O) groups is 2. The number of ketones is 2. The van der Waals surface area contributed by atoms with Crippen LogP contribution in [0, 0.1) is 0 Å². The van der Waals surface area contributed by atoms with Crippen LogP contribution in [0.3, 0.4) is 0 Å². The number of allylic oxidation sites excluding steroid dienone is 6. The van der Waals surface area contributed by atoms with Crippen LogP contribution >= 0.6 is 0 Å². The van der Waals surface area contributed by atoms with Crippen LogP contribution in [0.4, 0.5) is 11.4 Å². The maximum Gasteiger partial charge on any atom is 0.198 e. The molecule has 0 saturated heterocycles. The molecule has 1 aromatic heterocycles. The van der Waals surface area contributed by atoms with E-state index in [9.17, 15) is 9.59 Å². The third-order valence-corrected chi connectivity index (χ3v) is 6.77. The summed E-state index contributed by atoms with van der Waals surface area (Å²) in [4.78, 5) is 33.1.